The van der Waals surface area contributed by atoms with Crippen molar-refractivity contribution in [3.05, 3.63) is 47.8 Å². The Hall–Kier alpha value is -1.35. The average Bonchev–Trinajstić information content (AvgIpc) is 2.93. The first-order valence-corrected chi connectivity index (χ1v) is 7.31. The van der Waals surface area contributed by atoms with Crippen molar-refractivity contribution in [1.82, 2.24) is 15.0 Å². The lowest BCUT2D eigenvalue weighted by molar-refractivity contribution is 0.541. The molecule has 0 saturated heterocycles. The van der Waals surface area contributed by atoms with Gasteiger partial charge in [0.2, 0.25) is 0 Å². The summed E-state index contributed by atoms with van der Waals surface area (Å²) in [7, 11) is 0. The first kappa shape index (κ1) is 14.1. The van der Waals surface area contributed by atoms with Gasteiger partial charge in [-0.3, -0.25) is 4.68 Å². The highest BCUT2D eigenvalue weighted by molar-refractivity contribution is 6.20. The van der Waals surface area contributed by atoms with Gasteiger partial charge in [0.05, 0.1) is 5.38 Å². The summed E-state index contributed by atoms with van der Waals surface area (Å²) < 4.78 is 1.89. The van der Waals surface area contributed by atoms with E-state index in [9.17, 15) is 0 Å². The monoisotopic (exact) mass is 277 g/mol. The highest BCUT2D eigenvalue weighted by atomic mass is 35.5. The maximum atomic E-state index is 6.13. The molecule has 102 valence electrons. The Balaban J connectivity index is 1.72. The molecule has 1 atom stereocenters. The van der Waals surface area contributed by atoms with E-state index in [0.29, 0.717) is 0 Å². The maximum absolute atomic E-state index is 6.13. The minimum Gasteiger partial charge on any atom is -0.252 e. The third-order valence-electron chi connectivity index (χ3n) is 3.18. The number of hydrogen-bond acceptors (Lipinski definition) is 2. The molecule has 2 rings (SSSR count). The number of alkyl halides is 1. The predicted octanol–water partition coefficient (Wildman–Crippen LogP) is 3.99. The average molecular weight is 278 g/mol. The van der Waals surface area contributed by atoms with E-state index in [1.165, 1.54) is 5.56 Å². The molecule has 0 amide bonds. The summed E-state index contributed by atoms with van der Waals surface area (Å²) in [6, 6.07) is 10.6. The number of benzene rings is 1. The number of hydrogen-bond donors (Lipinski definition) is 0. The minimum atomic E-state index is -0.0157. The molecular formula is C15H20ClN3. The summed E-state index contributed by atoms with van der Waals surface area (Å²) >= 11 is 6.13. The predicted molar refractivity (Wildman–Crippen MR) is 78.3 cm³/mol. The lowest BCUT2D eigenvalue weighted by atomic mass is 10.1. The highest BCUT2D eigenvalue weighted by Gasteiger charge is 2.09. The zero-order valence-corrected chi connectivity index (χ0v) is 12.1. The van der Waals surface area contributed by atoms with Crippen LogP contribution in [-0.4, -0.2) is 15.0 Å². The second-order valence-corrected chi connectivity index (χ2v) is 5.25. The lowest BCUT2D eigenvalue weighted by Crippen LogP contribution is -1.99. The van der Waals surface area contributed by atoms with E-state index >= 15 is 0 Å². The Morgan fingerprint density at radius 1 is 1.21 bits per heavy atom. The van der Waals surface area contributed by atoms with Crippen molar-refractivity contribution in [2.24, 2.45) is 0 Å². The molecule has 0 fully saturated rings. The Morgan fingerprint density at radius 3 is 2.74 bits per heavy atom. The van der Waals surface area contributed by atoms with Gasteiger partial charge >= 0.3 is 0 Å². The van der Waals surface area contributed by atoms with E-state index in [-0.39, 0.29) is 5.38 Å². The van der Waals surface area contributed by atoms with Crippen molar-refractivity contribution in [1.29, 1.82) is 0 Å². The minimum absolute atomic E-state index is 0.0157. The van der Waals surface area contributed by atoms with Crippen LogP contribution >= 0.6 is 11.6 Å². The summed E-state index contributed by atoms with van der Waals surface area (Å²) in [5.74, 6) is 0. The molecule has 1 heterocycles. The molecule has 0 radical (unpaired) electrons. The number of aromatic nitrogens is 3. The molecule has 4 heteroatoms. The molecule has 0 saturated carbocycles. The molecule has 19 heavy (non-hydrogen) atoms. The van der Waals surface area contributed by atoms with Crippen LogP contribution < -0.4 is 0 Å². The highest BCUT2D eigenvalue weighted by Crippen LogP contribution is 2.20. The van der Waals surface area contributed by atoms with Gasteiger partial charge in [-0.15, -0.1) is 16.7 Å². The molecule has 1 unspecified atom stereocenters. The molecular weight excluding hydrogens is 258 g/mol. The van der Waals surface area contributed by atoms with E-state index in [1.807, 2.05) is 10.9 Å². The fourth-order valence-corrected chi connectivity index (χ4v) is 2.12. The quantitative estimate of drug-likeness (QED) is 0.566. The second-order valence-electron chi connectivity index (χ2n) is 4.72. The lowest BCUT2D eigenvalue weighted by Gasteiger charge is -2.02. The fraction of sp³-hybridized carbons (Fsp3) is 0.467. The zero-order valence-electron chi connectivity index (χ0n) is 11.3. The van der Waals surface area contributed by atoms with Gasteiger partial charge in [0.1, 0.15) is 5.69 Å². The molecule has 0 aliphatic rings. The van der Waals surface area contributed by atoms with Gasteiger partial charge in [0, 0.05) is 12.7 Å². The van der Waals surface area contributed by atoms with Crippen LogP contribution in [0.15, 0.2) is 36.5 Å². The van der Waals surface area contributed by atoms with Gasteiger partial charge in [-0.05, 0) is 31.2 Å². The number of rotatable bonds is 7. The van der Waals surface area contributed by atoms with Crippen molar-refractivity contribution in [2.45, 2.75) is 44.5 Å². The molecule has 0 bridgehead atoms. The normalized spacial score (nSPS) is 12.5. The first-order valence-electron chi connectivity index (χ1n) is 6.87. The summed E-state index contributed by atoms with van der Waals surface area (Å²) in [6.45, 7) is 2.96. The van der Waals surface area contributed by atoms with E-state index < -0.39 is 0 Å². The van der Waals surface area contributed by atoms with Gasteiger partial charge in [-0.2, -0.15) is 0 Å². The Bertz CT molecular complexity index is 481. The van der Waals surface area contributed by atoms with Crippen molar-refractivity contribution >= 4 is 11.6 Å². The molecule has 0 N–H and O–H groups in total. The smallest absolute Gasteiger partial charge is 0.100 e. The van der Waals surface area contributed by atoms with Gasteiger partial charge in [-0.1, -0.05) is 42.5 Å². The van der Waals surface area contributed by atoms with E-state index in [2.05, 4.69) is 47.6 Å². The van der Waals surface area contributed by atoms with Gasteiger partial charge in [0.25, 0.3) is 0 Å². The molecule has 1 aromatic carbocycles. The topological polar surface area (TPSA) is 30.7 Å². The van der Waals surface area contributed by atoms with E-state index in [0.717, 1.165) is 37.9 Å². The fourth-order valence-electron chi connectivity index (χ4n) is 2.02. The van der Waals surface area contributed by atoms with E-state index in [4.69, 9.17) is 11.6 Å². The Morgan fingerprint density at radius 2 is 2.00 bits per heavy atom. The van der Waals surface area contributed by atoms with Crippen LogP contribution in [0.5, 0.6) is 0 Å². The number of unbranched alkanes of at least 4 members (excludes halogenated alkanes) is 1. The molecule has 1 aromatic heterocycles. The van der Waals surface area contributed by atoms with Crippen LogP contribution in [0.4, 0.5) is 0 Å². The van der Waals surface area contributed by atoms with Crippen molar-refractivity contribution < 1.29 is 0 Å². The summed E-state index contributed by atoms with van der Waals surface area (Å²) in [5, 5.41) is 8.20. The summed E-state index contributed by atoms with van der Waals surface area (Å²) in [6.07, 6.45) is 6.24. The Kier molecular flexibility index (Phi) is 5.40. The number of nitrogens with zero attached hydrogens (tertiary/aromatic N) is 3. The number of halogens is 1. The summed E-state index contributed by atoms with van der Waals surface area (Å²) in [4.78, 5) is 0. The third kappa shape index (κ3) is 4.35. The van der Waals surface area contributed by atoms with Crippen molar-refractivity contribution in [3.8, 4) is 0 Å². The van der Waals surface area contributed by atoms with Crippen LogP contribution in [0.2, 0.25) is 0 Å². The number of aryl methyl sites for hydroxylation is 2. The van der Waals surface area contributed by atoms with Gasteiger partial charge in [0.15, 0.2) is 0 Å². The van der Waals surface area contributed by atoms with Crippen LogP contribution in [-0.2, 0) is 13.0 Å². The summed E-state index contributed by atoms with van der Waals surface area (Å²) in [5.41, 5.74) is 2.28. The molecule has 0 aliphatic heterocycles. The maximum Gasteiger partial charge on any atom is 0.100 e. The van der Waals surface area contributed by atoms with Crippen molar-refractivity contribution in [2.75, 3.05) is 0 Å². The van der Waals surface area contributed by atoms with Crippen LogP contribution in [0.3, 0.4) is 0 Å². The van der Waals surface area contributed by atoms with Crippen LogP contribution in [0, 0.1) is 0 Å². The SMILES string of the molecule is CCC(Cl)c1cn(CCCCc2ccccc2)nn1. The van der Waals surface area contributed by atoms with Crippen molar-refractivity contribution in [3.63, 3.8) is 0 Å². The van der Waals surface area contributed by atoms with Gasteiger partial charge in [-0.25, -0.2) is 0 Å². The largest absolute Gasteiger partial charge is 0.252 e. The molecule has 0 spiro atoms. The third-order valence-corrected chi connectivity index (χ3v) is 3.71. The second kappa shape index (κ2) is 7.29. The zero-order chi connectivity index (χ0) is 13.5. The standard InChI is InChI=1S/C15H20ClN3/c1-2-14(16)15-12-19(18-17-15)11-7-6-10-13-8-4-3-5-9-13/h3-5,8-9,12,14H,2,6-7,10-11H2,1H3. The van der Waals surface area contributed by atoms with Gasteiger partial charge < -0.3 is 0 Å². The first-order chi connectivity index (χ1) is 9.29. The molecule has 0 aliphatic carbocycles. The van der Waals surface area contributed by atoms with Crippen LogP contribution in [0.1, 0.15) is 42.8 Å². The molecule has 3 nitrogen and oxygen atoms in total. The Labute approximate surface area is 119 Å². The molecule has 2 aromatic rings. The van der Waals surface area contributed by atoms with E-state index in [1.54, 1.807) is 0 Å². The van der Waals surface area contributed by atoms with Crippen LogP contribution in [0.25, 0.3) is 0 Å².